The van der Waals surface area contributed by atoms with Crippen LogP contribution >= 0.6 is 0 Å². The molecule has 0 bridgehead atoms. The third-order valence-electron chi connectivity index (χ3n) is 5.77. The molecule has 2 saturated heterocycles. The van der Waals surface area contributed by atoms with Crippen molar-refractivity contribution in [1.82, 2.24) is 14.8 Å². The molecule has 0 saturated carbocycles. The number of halogens is 1. The summed E-state index contributed by atoms with van der Waals surface area (Å²) >= 11 is 0. The molecular weight excluding hydrogens is 371 g/mol. The molecule has 2 aromatic rings. The largest absolute Gasteiger partial charge is 0.368 e. The number of pyridine rings is 1. The van der Waals surface area contributed by atoms with Crippen LogP contribution in [0.3, 0.4) is 0 Å². The van der Waals surface area contributed by atoms with Gasteiger partial charge in [0, 0.05) is 62.9 Å². The number of rotatable bonds is 3. The topological polar surface area (TPSA) is 56.8 Å². The van der Waals surface area contributed by atoms with E-state index in [2.05, 4.69) is 9.88 Å². The molecule has 1 aromatic carbocycles. The number of aromatic nitrogens is 1. The van der Waals surface area contributed by atoms with E-state index in [9.17, 15) is 14.0 Å². The number of piperidine rings is 1. The second kappa shape index (κ2) is 8.59. The Morgan fingerprint density at radius 1 is 0.897 bits per heavy atom. The minimum atomic E-state index is -0.362. The summed E-state index contributed by atoms with van der Waals surface area (Å²) in [7, 11) is 0. The zero-order valence-electron chi connectivity index (χ0n) is 16.3. The van der Waals surface area contributed by atoms with Gasteiger partial charge in [0.15, 0.2) is 0 Å². The first-order chi connectivity index (χ1) is 14.1. The van der Waals surface area contributed by atoms with Crippen LogP contribution in [0.1, 0.15) is 23.2 Å². The van der Waals surface area contributed by atoms with Crippen molar-refractivity contribution in [2.24, 2.45) is 5.92 Å². The number of anilines is 1. The van der Waals surface area contributed by atoms with Gasteiger partial charge in [0.1, 0.15) is 5.82 Å². The molecular formula is C22H25FN4O2. The van der Waals surface area contributed by atoms with Crippen LogP contribution in [-0.4, -0.2) is 65.9 Å². The second-order valence-electron chi connectivity index (χ2n) is 7.61. The van der Waals surface area contributed by atoms with Gasteiger partial charge in [-0.15, -0.1) is 0 Å². The quantitative estimate of drug-likeness (QED) is 0.800. The summed E-state index contributed by atoms with van der Waals surface area (Å²) in [6.07, 6.45) is 5.17. The standard InChI is InChI=1S/C22H25FN4O2/c23-19-5-3-17(4-6-19)21(28)27-11-1-2-18(16-27)22(29)26-14-12-25(13-15-26)20-7-9-24-10-8-20/h3-10,18H,1-2,11-16H2. The molecule has 2 aliphatic heterocycles. The maximum absolute atomic E-state index is 13.1. The molecule has 152 valence electrons. The van der Waals surface area contributed by atoms with E-state index < -0.39 is 0 Å². The molecule has 7 heteroatoms. The zero-order chi connectivity index (χ0) is 20.2. The fraction of sp³-hybridized carbons (Fsp3) is 0.409. The van der Waals surface area contributed by atoms with Gasteiger partial charge in [-0.05, 0) is 49.2 Å². The van der Waals surface area contributed by atoms with Crippen molar-refractivity contribution in [3.63, 3.8) is 0 Å². The normalized spacial score (nSPS) is 19.9. The highest BCUT2D eigenvalue weighted by atomic mass is 19.1. The molecule has 1 unspecified atom stereocenters. The number of benzene rings is 1. The Morgan fingerprint density at radius 3 is 2.28 bits per heavy atom. The predicted molar refractivity (Wildman–Crippen MR) is 108 cm³/mol. The number of likely N-dealkylation sites (tertiary alicyclic amines) is 1. The number of carbonyl (C=O) groups is 2. The first-order valence-electron chi connectivity index (χ1n) is 10.1. The maximum Gasteiger partial charge on any atom is 0.253 e. The molecule has 2 amide bonds. The van der Waals surface area contributed by atoms with Crippen LogP contribution in [0.5, 0.6) is 0 Å². The minimum Gasteiger partial charge on any atom is -0.368 e. The Hall–Kier alpha value is -2.96. The van der Waals surface area contributed by atoms with E-state index in [1.165, 1.54) is 24.3 Å². The van der Waals surface area contributed by atoms with E-state index in [4.69, 9.17) is 0 Å². The molecule has 2 fully saturated rings. The molecule has 6 nitrogen and oxygen atoms in total. The Bertz CT molecular complexity index is 851. The summed E-state index contributed by atoms with van der Waals surface area (Å²) in [6, 6.07) is 9.56. The van der Waals surface area contributed by atoms with Crippen molar-refractivity contribution >= 4 is 17.5 Å². The van der Waals surface area contributed by atoms with Gasteiger partial charge in [-0.2, -0.15) is 0 Å². The van der Waals surface area contributed by atoms with Crippen LogP contribution in [0.15, 0.2) is 48.8 Å². The highest BCUT2D eigenvalue weighted by Gasteiger charge is 2.32. The predicted octanol–water partition coefficient (Wildman–Crippen LogP) is 2.42. The highest BCUT2D eigenvalue weighted by Crippen LogP contribution is 2.22. The van der Waals surface area contributed by atoms with Crippen LogP contribution in [-0.2, 0) is 4.79 Å². The van der Waals surface area contributed by atoms with Crippen LogP contribution in [0, 0.1) is 11.7 Å². The zero-order valence-corrected chi connectivity index (χ0v) is 16.3. The van der Waals surface area contributed by atoms with Crippen LogP contribution in [0.25, 0.3) is 0 Å². The summed E-state index contributed by atoms with van der Waals surface area (Å²) < 4.78 is 13.1. The molecule has 4 rings (SSSR count). The van der Waals surface area contributed by atoms with Crippen LogP contribution in [0.2, 0.25) is 0 Å². The Labute approximate surface area is 169 Å². The van der Waals surface area contributed by atoms with Crippen LogP contribution in [0.4, 0.5) is 10.1 Å². The number of nitrogens with zero attached hydrogens (tertiary/aromatic N) is 4. The summed E-state index contributed by atoms with van der Waals surface area (Å²) in [6.45, 7) is 4.02. The third-order valence-corrected chi connectivity index (χ3v) is 5.77. The molecule has 1 atom stereocenters. The van der Waals surface area contributed by atoms with Gasteiger partial charge >= 0.3 is 0 Å². The van der Waals surface area contributed by atoms with Crippen molar-refractivity contribution in [1.29, 1.82) is 0 Å². The van der Waals surface area contributed by atoms with Gasteiger partial charge < -0.3 is 14.7 Å². The molecule has 0 radical (unpaired) electrons. The molecule has 0 N–H and O–H groups in total. The SMILES string of the molecule is O=C(c1ccc(F)cc1)N1CCCC(C(=O)N2CCN(c3ccncc3)CC2)C1. The number of piperazine rings is 1. The lowest BCUT2D eigenvalue weighted by atomic mass is 9.95. The van der Waals surface area contributed by atoms with E-state index in [0.29, 0.717) is 31.7 Å². The van der Waals surface area contributed by atoms with Gasteiger partial charge in [0.05, 0.1) is 5.92 Å². The second-order valence-corrected chi connectivity index (χ2v) is 7.61. The summed E-state index contributed by atoms with van der Waals surface area (Å²) in [5.41, 5.74) is 1.59. The lowest BCUT2D eigenvalue weighted by molar-refractivity contribution is -0.137. The van der Waals surface area contributed by atoms with Crippen molar-refractivity contribution in [3.05, 3.63) is 60.2 Å². The fourth-order valence-corrected chi connectivity index (χ4v) is 4.14. The van der Waals surface area contributed by atoms with E-state index in [0.717, 1.165) is 31.6 Å². The third kappa shape index (κ3) is 4.39. The van der Waals surface area contributed by atoms with Crippen molar-refractivity contribution < 1.29 is 14.0 Å². The monoisotopic (exact) mass is 396 g/mol. The number of carbonyl (C=O) groups excluding carboxylic acids is 2. The number of hydrogen-bond donors (Lipinski definition) is 0. The van der Waals surface area contributed by atoms with E-state index in [-0.39, 0.29) is 23.5 Å². The average Bonchev–Trinajstić information content (AvgIpc) is 2.79. The van der Waals surface area contributed by atoms with Gasteiger partial charge in [0.25, 0.3) is 5.91 Å². The van der Waals surface area contributed by atoms with E-state index in [1.807, 2.05) is 17.0 Å². The van der Waals surface area contributed by atoms with E-state index >= 15 is 0 Å². The first-order valence-corrected chi connectivity index (χ1v) is 10.1. The molecule has 29 heavy (non-hydrogen) atoms. The maximum atomic E-state index is 13.1. The first kappa shape index (κ1) is 19.4. The molecule has 0 aliphatic carbocycles. The van der Waals surface area contributed by atoms with Gasteiger partial charge in [-0.3, -0.25) is 14.6 Å². The van der Waals surface area contributed by atoms with Crippen LogP contribution < -0.4 is 4.90 Å². The highest BCUT2D eigenvalue weighted by molar-refractivity contribution is 5.94. The van der Waals surface area contributed by atoms with Gasteiger partial charge in [-0.25, -0.2) is 4.39 Å². The number of amides is 2. The lowest BCUT2D eigenvalue weighted by Crippen LogP contribution is -2.53. The summed E-state index contributed by atoms with van der Waals surface area (Å²) in [4.78, 5) is 35.7. The van der Waals surface area contributed by atoms with Gasteiger partial charge in [0.2, 0.25) is 5.91 Å². The van der Waals surface area contributed by atoms with Gasteiger partial charge in [-0.1, -0.05) is 0 Å². The lowest BCUT2D eigenvalue weighted by Gasteiger charge is -2.39. The fourth-order valence-electron chi connectivity index (χ4n) is 4.14. The van der Waals surface area contributed by atoms with Crippen molar-refractivity contribution in [3.8, 4) is 0 Å². The Kier molecular flexibility index (Phi) is 5.74. The number of hydrogen-bond acceptors (Lipinski definition) is 4. The van der Waals surface area contributed by atoms with Crippen molar-refractivity contribution in [2.75, 3.05) is 44.2 Å². The summed E-state index contributed by atoms with van der Waals surface area (Å²) in [5, 5.41) is 0. The molecule has 3 heterocycles. The Morgan fingerprint density at radius 2 is 1.59 bits per heavy atom. The Balaban J connectivity index is 1.34. The smallest absolute Gasteiger partial charge is 0.253 e. The minimum absolute atomic E-state index is 0.134. The van der Waals surface area contributed by atoms with E-state index in [1.54, 1.807) is 17.3 Å². The molecule has 0 spiro atoms. The molecule has 1 aromatic heterocycles. The average molecular weight is 396 g/mol. The summed E-state index contributed by atoms with van der Waals surface area (Å²) in [5.74, 6) is -0.527. The molecule has 2 aliphatic rings. The van der Waals surface area contributed by atoms with Crippen molar-refractivity contribution in [2.45, 2.75) is 12.8 Å².